The molecule has 306 valence electrons. The molecule has 4 aromatic rings. The molecule has 0 radical (unpaired) electrons. The first-order valence-electron chi connectivity index (χ1n) is 20.4. The topological polar surface area (TPSA) is 163 Å². The average Bonchev–Trinajstić information content (AvgIpc) is 3.76. The maximum atomic E-state index is 14.3. The van der Waals surface area contributed by atoms with Gasteiger partial charge in [-0.3, -0.25) is 23.7 Å². The summed E-state index contributed by atoms with van der Waals surface area (Å²) in [5.41, 5.74) is 1.77. The number of hydrogen-bond acceptors (Lipinski definition) is 11. The van der Waals surface area contributed by atoms with Crippen LogP contribution in [0.5, 0.6) is 5.75 Å². The third kappa shape index (κ3) is 8.48. The molecule has 58 heavy (non-hydrogen) atoms. The molecule has 4 aliphatic heterocycles. The van der Waals surface area contributed by atoms with Crippen molar-refractivity contribution in [3.05, 3.63) is 83.1 Å². The number of para-hydroxylation sites is 1. The summed E-state index contributed by atoms with van der Waals surface area (Å²) in [4.78, 5) is 69.6. The van der Waals surface area contributed by atoms with E-state index in [1.807, 2.05) is 42.3 Å². The maximum Gasteiger partial charge on any atom is 0.323 e. The number of nitrogens with zero attached hydrogens (tertiary/aromatic N) is 5. The van der Waals surface area contributed by atoms with E-state index >= 15 is 0 Å². The number of amides is 3. The van der Waals surface area contributed by atoms with Crippen molar-refractivity contribution in [3.63, 3.8) is 0 Å². The summed E-state index contributed by atoms with van der Waals surface area (Å²) in [6, 6.07) is 14.0. The number of thiophene rings is 1. The van der Waals surface area contributed by atoms with Crippen LogP contribution < -0.4 is 19.8 Å². The average molecular weight is 828 g/mol. The fraction of sp³-hybridized carbons (Fsp3) is 0.476. The number of likely N-dealkylation sites (tertiary alicyclic amines) is 1. The van der Waals surface area contributed by atoms with Crippen molar-refractivity contribution in [1.82, 2.24) is 30.2 Å². The van der Waals surface area contributed by atoms with Crippen LogP contribution in [-0.2, 0) is 29.8 Å². The van der Waals surface area contributed by atoms with Gasteiger partial charge in [-0.2, -0.15) is 0 Å². The minimum Gasteiger partial charge on any atom is -0.465 e. The lowest BCUT2D eigenvalue weighted by molar-refractivity contribution is -0.148. The molecule has 4 aliphatic rings. The number of carbonyl (C=O) groups excluding carboxylic acids is 4. The van der Waals surface area contributed by atoms with E-state index in [0.29, 0.717) is 48.5 Å². The van der Waals surface area contributed by atoms with Crippen LogP contribution in [0.25, 0.3) is 10.1 Å². The molecule has 16 heteroatoms. The monoisotopic (exact) mass is 827 g/mol. The molecule has 14 nitrogen and oxygen atoms in total. The van der Waals surface area contributed by atoms with Gasteiger partial charge in [-0.1, -0.05) is 31.2 Å². The van der Waals surface area contributed by atoms with E-state index in [1.165, 1.54) is 11.3 Å². The number of rotatable bonds is 14. The number of aromatic nitrogens is 2. The first-order valence-corrected chi connectivity index (χ1v) is 23.0. The van der Waals surface area contributed by atoms with Crippen LogP contribution >= 0.6 is 18.9 Å². The number of ether oxygens (including phenoxy) is 1. The van der Waals surface area contributed by atoms with Crippen LogP contribution in [0.15, 0.2) is 67.1 Å². The molecule has 5 atom stereocenters. The summed E-state index contributed by atoms with van der Waals surface area (Å²) in [6.07, 6.45) is 8.69. The molecule has 3 amide bonds. The van der Waals surface area contributed by atoms with Crippen LogP contribution in [0.1, 0.15) is 85.5 Å². The summed E-state index contributed by atoms with van der Waals surface area (Å²) in [7, 11) is -3.68. The fourth-order valence-electron chi connectivity index (χ4n) is 8.42. The van der Waals surface area contributed by atoms with Gasteiger partial charge < -0.3 is 29.3 Å². The highest BCUT2D eigenvalue weighted by atomic mass is 32.1. The SMILES string of the molecule is CCCOC(=O)[C@H](C)NP(=O)(Cc1ccc2sc(C(=O)N[C@H]3CCC[C@H]4CC[C@@H](C(=O)N5CC(c6cncnc6N6CCC6)C5)N4C3=O)cc2c1)Oc1ccccc1. The molecule has 2 N–H and O–H groups in total. The number of nitrogens with one attached hydrogen (secondary N) is 2. The van der Waals surface area contributed by atoms with Crippen LogP contribution in [0, 0.1) is 0 Å². The first-order chi connectivity index (χ1) is 28.1. The summed E-state index contributed by atoms with van der Waals surface area (Å²) >= 11 is 1.31. The molecule has 0 saturated carbocycles. The lowest BCUT2D eigenvalue weighted by atomic mass is 9.91. The molecule has 2 aromatic heterocycles. The van der Waals surface area contributed by atoms with Gasteiger partial charge in [0.25, 0.3) is 5.91 Å². The Labute approximate surface area is 342 Å². The Balaban J connectivity index is 0.924. The predicted octanol–water partition coefficient (Wildman–Crippen LogP) is 5.87. The largest absolute Gasteiger partial charge is 0.465 e. The molecule has 4 saturated heterocycles. The summed E-state index contributed by atoms with van der Waals surface area (Å²) in [5, 5.41) is 6.71. The minimum atomic E-state index is -3.68. The Morgan fingerprint density at radius 2 is 1.83 bits per heavy atom. The van der Waals surface area contributed by atoms with Crippen LogP contribution in [-0.4, -0.2) is 100 Å². The smallest absolute Gasteiger partial charge is 0.323 e. The van der Waals surface area contributed by atoms with Gasteiger partial charge in [0, 0.05) is 54.6 Å². The Morgan fingerprint density at radius 1 is 1.02 bits per heavy atom. The second kappa shape index (κ2) is 17.2. The molecule has 2 aromatic carbocycles. The van der Waals surface area contributed by atoms with Crippen molar-refractivity contribution >= 4 is 58.5 Å². The van der Waals surface area contributed by atoms with Crippen molar-refractivity contribution in [2.24, 2.45) is 0 Å². The highest BCUT2D eigenvalue weighted by molar-refractivity contribution is 7.56. The molecular formula is C42H50N7O7PS. The van der Waals surface area contributed by atoms with Gasteiger partial charge >= 0.3 is 13.5 Å². The van der Waals surface area contributed by atoms with E-state index in [-0.39, 0.29) is 42.5 Å². The van der Waals surface area contributed by atoms with Gasteiger partial charge in [-0.25, -0.2) is 15.1 Å². The Morgan fingerprint density at radius 3 is 2.59 bits per heavy atom. The van der Waals surface area contributed by atoms with E-state index in [4.69, 9.17) is 9.26 Å². The summed E-state index contributed by atoms with van der Waals surface area (Å²) in [5.74, 6) is 0.432. The molecule has 0 spiro atoms. The second-order valence-corrected chi connectivity index (χ2v) is 19.0. The summed E-state index contributed by atoms with van der Waals surface area (Å²) < 4.78 is 26.5. The zero-order chi connectivity index (χ0) is 40.4. The van der Waals surface area contributed by atoms with Crippen molar-refractivity contribution in [2.75, 3.05) is 37.7 Å². The van der Waals surface area contributed by atoms with Crippen LogP contribution in [0.3, 0.4) is 0 Å². The summed E-state index contributed by atoms with van der Waals surface area (Å²) in [6.45, 7) is 6.87. The third-order valence-corrected chi connectivity index (χ3v) is 14.7. The predicted molar refractivity (Wildman–Crippen MR) is 221 cm³/mol. The zero-order valence-corrected chi connectivity index (χ0v) is 34.6. The first kappa shape index (κ1) is 40.0. The molecule has 4 fully saturated rings. The number of hydrogen-bond donors (Lipinski definition) is 2. The van der Waals surface area contributed by atoms with Gasteiger partial charge in [0.15, 0.2) is 0 Å². The quantitative estimate of drug-likeness (QED) is 0.115. The highest BCUT2D eigenvalue weighted by Gasteiger charge is 2.48. The molecule has 1 unspecified atom stereocenters. The Bertz CT molecular complexity index is 2210. The van der Waals surface area contributed by atoms with Gasteiger partial charge in [0.2, 0.25) is 11.8 Å². The number of esters is 1. The second-order valence-electron chi connectivity index (χ2n) is 15.8. The van der Waals surface area contributed by atoms with Crippen molar-refractivity contribution < 1.29 is 33.0 Å². The number of benzene rings is 2. The van der Waals surface area contributed by atoms with Gasteiger partial charge in [0.1, 0.15) is 36.0 Å². The van der Waals surface area contributed by atoms with E-state index in [0.717, 1.165) is 60.2 Å². The van der Waals surface area contributed by atoms with Gasteiger partial charge in [-0.15, -0.1) is 11.3 Å². The van der Waals surface area contributed by atoms with E-state index in [1.54, 1.807) is 48.5 Å². The van der Waals surface area contributed by atoms with Crippen molar-refractivity contribution in [1.29, 1.82) is 0 Å². The fourth-order valence-corrected chi connectivity index (χ4v) is 11.4. The molecule has 0 bridgehead atoms. The van der Waals surface area contributed by atoms with E-state index < -0.39 is 31.6 Å². The lowest BCUT2D eigenvalue weighted by Crippen LogP contribution is -2.58. The minimum absolute atomic E-state index is 0.0214. The van der Waals surface area contributed by atoms with Gasteiger partial charge in [-0.05, 0) is 93.2 Å². The van der Waals surface area contributed by atoms with Crippen LogP contribution in [0.2, 0.25) is 0 Å². The normalized spacial score (nSPS) is 22.3. The van der Waals surface area contributed by atoms with Crippen molar-refractivity contribution in [3.8, 4) is 5.75 Å². The number of carbonyl (C=O) groups is 4. The van der Waals surface area contributed by atoms with E-state index in [9.17, 15) is 23.7 Å². The molecule has 8 rings (SSSR count). The molecule has 6 heterocycles. The molecule has 0 aliphatic carbocycles. The maximum absolute atomic E-state index is 14.3. The zero-order valence-electron chi connectivity index (χ0n) is 32.9. The van der Waals surface area contributed by atoms with Gasteiger partial charge in [0.05, 0.1) is 17.6 Å². The van der Waals surface area contributed by atoms with Crippen LogP contribution in [0.4, 0.5) is 5.82 Å². The standard InChI is InChI=1S/C42H50N7O7PS/c1-3-19-55-42(53)27(2)46-57(54,56-32-10-5-4-6-11-32)25-28-13-16-36-29(20-28)21-37(58-36)39(50)45-34-12-7-9-31-14-15-35(49(31)40(34)51)41(52)48-23-30(24-48)33-22-43-26-44-38(33)47-17-8-18-47/h4-6,10-11,13,16,20-22,26-27,30-31,34-35H,3,7-9,12,14-15,17-19,23-25H2,1-2H3,(H,45,50)(H,46,54)/t27-,31-,34-,35-,57?/m0/s1. The van der Waals surface area contributed by atoms with Crippen molar-refractivity contribution in [2.45, 2.75) is 95.0 Å². The lowest BCUT2D eigenvalue weighted by Gasteiger charge is -2.44. The Hall–Kier alpha value is -4.85. The molecular weight excluding hydrogens is 778 g/mol. The third-order valence-electron chi connectivity index (χ3n) is 11.6. The highest BCUT2D eigenvalue weighted by Crippen LogP contribution is 2.47. The number of fused-ring (bicyclic) bond motifs is 2. The number of anilines is 1. The Kier molecular flexibility index (Phi) is 11.8. The van der Waals surface area contributed by atoms with E-state index in [2.05, 4.69) is 25.3 Å².